The smallest absolute Gasteiger partial charge is 0.299 e. The van der Waals surface area contributed by atoms with Crippen LogP contribution in [0.4, 0.5) is 13.2 Å². The van der Waals surface area contributed by atoms with Crippen LogP contribution in [0.1, 0.15) is 43.2 Å². The molecule has 0 unspecified atom stereocenters. The van der Waals surface area contributed by atoms with E-state index in [1.807, 2.05) is 0 Å². The van der Waals surface area contributed by atoms with Gasteiger partial charge < -0.3 is 0 Å². The molecule has 0 heterocycles. The molecule has 20 heavy (non-hydrogen) atoms. The van der Waals surface area contributed by atoms with Gasteiger partial charge in [0.2, 0.25) is 0 Å². The van der Waals surface area contributed by atoms with Gasteiger partial charge in [-0.2, -0.15) is 13.2 Å². The summed E-state index contributed by atoms with van der Waals surface area (Å²) in [5, 5.41) is 0. The zero-order valence-corrected chi connectivity index (χ0v) is 11.2. The van der Waals surface area contributed by atoms with Gasteiger partial charge in [-0.05, 0) is 43.4 Å². The van der Waals surface area contributed by atoms with Gasteiger partial charge in [0.15, 0.2) is 0 Å². The molecular formula is C16H17F3O. The Kier molecular flexibility index (Phi) is 4.63. The van der Waals surface area contributed by atoms with Crippen molar-refractivity contribution in [2.75, 3.05) is 0 Å². The van der Waals surface area contributed by atoms with E-state index < -0.39 is 11.7 Å². The van der Waals surface area contributed by atoms with Gasteiger partial charge in [-0.15, -0.1) is 0 Å². The van der Waals surface area contributed by atoms with Gasteiger partial charge in [0, 0.05) is 12.8 Å². The fraction of sp³-hybridized carbons (Fsp3) is 0.438. The Bertz CT molecular complexity index is 497. The van der Waals surface area contributed by atoms with Crippen molar-refractivity contribution < 1.29 is 18.0 Å². The van der Waals surface area contributed by atoms with Crippen molar-refractivity contribution >= 4 is 5.78 Å². The third-order valence-corrected chi connectivity index (χ3v) is 3.49. The van der Waals surface area contributed by atoms with E-state index in [2.05, 4.69) is 6.08 Å². The molecular weight excluding hydrogens is 265 g/mol. The minimum atomic E-state index is -4.32. The summed E-state index contributed by atoms with van der Waals surface area (Å²) < 4.78 is 37.3. The summed E-state index contributed by atoms with van der Waals surface area (Å²) >= 11 is 0. The van der Waals surface area contributed by atoms with Crippen molar-refractivity contribution in [3.8, 4) is 0 Å². The highest BCUT2D eigenvalue weighted by atomic mass is 19.4. The third-order valence-electron chi connectivity index (χ3n) is 3.49. The molecule has 1 aromatic carbocycles. The van der Waals surface area contributed by atoms with E-state index in [0.717, 1.165) is 31.4 Å². The highest BCUT2D eigenvalue weighted by Gasteiger charge is 2.29. The highest BCUT2D eigenvalue weighted by Crippen LogP contribution is 2.29. The largest absolute Gasteiger partial charge is 0.416 e. The summed E-state index contributed by atoms with van der Waals surface area (Å²) in [6.45, 7) is 0. The predicted molar refractivity (Wildman–Crippen MR) is 71.3 cm³/mol. The van der Waals surface area contributed by atoms with Crippen LogP contribution in [0.3, 0.4) is 0 Å². The summed E-state index contributed by atoms with van der Waals surface area (Å²) in [4.78, 5) is 11.9. The third kappa shape index (κ3) is 4.22. The maximum atomic E-state index is 12.4. The summed E-state index contributed by atoms with van der Waals surface area (Å²) in [5.41, 5.74) is 1.14. The zero-order valence-electron chi connectivity index (χ0n) is 11.2. The van der Waals surface area contributed by atoms with Gasteiger partial charge >= 0.3 is 6.18 Å². The van der Waals surface area contributed by atoms with Crippen LogP contribution in [-0.2, 0) is 17.4 Å². The first kappa shape index (κ1) is 14.8. The average Bonchev–Trinajstić information content (AvgIpc) is 2.39. The van der Waals surface area contributed by atoms with E-state index in [-0.39, 0.29) is 12.2 Å². The maximum Gasteiger partial charge on any atom is 0.416 e. The molecule has 0 atom stereocenters. The fourth-order valence-corrected chi connectivity index (χ4v) is 2.42. The van der Waals surface area contributed by atoms with Crippen molar-refractivity contribution in [3.63, 3.8) is 0 Å². The van der Waals surface area contributed by atoms with Crippen molar-refractivity contribution in [2.45, 2.75) is 44.7 Å². The minimum absolute atomic E-state index is 0.0675. The number of hydrogen-bond donors (Lipinski definition) is 0. The van der Waals surface area contributed by atoms with Crippen LogP contribution in [0, 0.1) is 0 Å². The minimum Gasteiger partial charge on any atom is -0.299 e. The van der Waals surface area contributed by atoms with Crippen LogP contribution < -0.4 is 0 Å². The average molecular weight is 282 g/mol. The number of Topliss-reactive ketones (excluding diaryl/α,β-unsaturated/α-hetero) is 1. The molecule has 0 bridgehead atoms. The van der Waals surface area contributed by atoms with E-state index in [1.165, 1.54) is 24.1 Å². The molecule has 0 saturated carbocycles. The monoisotopic (exact) mass is 282 g/mol. The molecule has 0 amide bonds. The lowest BCUT2D eigenvalue weighted by molar-refractivity contribution is -0.137. The number of halogens is 3. The Hall–Kier alpha value is -1.58. The number of carbonyl (C=O) groups is 1. The molecule has 1 aliphatic carbocycles. The topological polar surface area (TPSA) is 17.1 Å². The summed E-state index contributed by atoms with van der Waals surface area (Å²) in [6, 6.07) is 4.83. The van der Waals surface area contributed by atoms with Gasteiger partial charge in [-0.25, -0.2) is 0 Å². The van der Waals surface area contributed by atoms with E-state index in [1.54, 1.807) is 0 Å². The Morgan fingerprint density at radius 2 is 1.75 bits per heavy atom. The Balaban J connectivity index is 1.92. The van der Waals surface area contributed by atoms with Crippen LogP contribution in [-0.4, -0.2) is 5.78 Å². The standard InChI is InChI=1S/C16H17F3O/c17-16(18,19)14-8-6-13(7-9-14)11-15(20)10-12-4-2-1-3-5-12/h4,6-9H,1-3,5,10-11H2. The van der Waals surface area contributed by atoms with Crippen LogP contribution in [0.25, 0.3) is 0 Å². The Morgan fingerprint density at radius 3 is 2.30 bits per heavy atom. The van der Waals surface area contributed by atoms with Crippen LogP contribution in [0.15, 0.2) is 35.9 Å². The second-order valence-corrected chi connectivity index (χ2v) is 5.20. The molecule has 0 N–H and O–H groups in total. The van der Waals surface area contributed by atoms with E-state index in [9.17, 15) is 18.0 Å². The second-order valence-electron chi connectivity index (χ2n) is 5.20. The molecule has 1 aliphatic rings. The Labute approximate surface area is 116 Å². The number of hydrogen-bond acceptors (Lipinski definition) is 1. The number of rotatable bonds is 4. The maximum absolute atomic E-state index is 12.4. The molecule has 2 rings (SSSR count). The number of benzene rings is 1. The van der Waals surface area contributed by atoms with Crippen LogP contribution in [0.5, 0.6) is 0 Å². The van der Waals surface area contributed by atoms with E-state index in [4.69, 9.17) is 0 Å². The predicted octanol–water partition coefficient (Wildman–Crippen LogP) is 4.71. The number of carbonyl (C=O) groups excluding carboxylic acids is 1. The molecule has 0 radical (unpaired) electrons. The van der Waals surface area contributed by atoms with Crippen molar-refractivity contribution in [2.24, 2.45) is 0 Å². The lowest BCUT2D eigenvalue weighted by Crippen LogP contribution is -2.07. The van der Waals surface area contributed by atoms with Gasteiger partial charge in [0.1, 0.15) is 5.78 Å². The molecule has 4 heteroatoms. The molecule has 1 nitrogen and oxygen atoms in total. The first-order chi connectivity index (χ1) is 9.45. The van der Waals surface area contributed by atoms with Crippen LogP contribution >= 0.6 is 0 Å². The number of ketones is 1. The lowest BCUT2D eigenvalue weighted by Gasteiger charge is -2.12. The summed E-state index contributed by atoms with van der Waals surface area (Å²) in [6.07, 6.45) is 2.73. The first-order valence-corrected chi connectivity index (χ1v) is 6.81. The summed E-state index contributed by atoms with van der Waals surface area (Å²) in [5.74, 6) is 0.0675. The first-order valence-electron chi connectivity index (χ1n) is 6.81. The normalized spacial score (nSPS) is 15.8. The highest BCUT2D eigenvalue weighted by molar-refractivity contribution is 5.83. The fourth-order valence-electron chi connectivity index (χ4n) is 2.42. The number of allylic oxidation sites excluding steroid dienone is 2. The quantitative estimate of drug-likeness (QED) is 0.731. The second kappa shape index (κ2) is 6.25. The van der Waals surface area contributed by atoms with Crippen molar-refractivity contribution in [1.29, 1.82) is 0 Å². The van der Waals surface area contributed by atoms with E-state index in [0.29, 0.717) is 12.0 Å². The molecule has 0 fully saturated rings. The van der Waals surface area contributed by atoms with Gasteiger partial charge in [0.05, 0.1) is 5.56 Å². The van der Waals surface area contributed by atoms with E-state index >= 15 is 0 Å². The summed E-state index contributed by atoms with van der Waals surface area (Å²) in [7, 11) is 0. The van der Waals surface area contributed by atoms with Gasteiger partial charge in [-0.1, -0.05) is 23.8 Å². The zero-order chi connectivity index (χ0) is 14.6. The van der Waals surface area contributed by atoms with Crippen molar-refractivity contribution in [3.05, 3.63) is 47.0 Å². The Morgan fingerprint density at radius 1 is 1.05 bits per heavy atom. The van der Waals surface area contributed by atoms with Gasteiger partial charge in [-0.3, -0.25) is 4.79 Å². The SMILES string of the molecule is O=C(CC1=CCCCC1)Cc1ccc(C(F)(F)F)cc1. The molecule has 0 saturated heterocycles. The molecule has 0 aliphatic heterocycles. The molecule has 0 aromatic heterocycles. The molecule has 0 spiro atoms. The van der Waals surface area contributed by atoms with Gasteiger partial charge in [0.25, 0.3) is 0 Å². The molecule has 1 aromatic rings. The lowest BCUT2D eigenvalue weighted by atomic mass is 9.94. The number of alkyl halides is 3. The van der Waals surface area contributed by atoms with Crippen molar-refractivity contribution in [1.82, 2.24) is 0 Å². The van der Waals surface area contributed by atoms with Crippen LogP contribution in [0.2, 0.25) is 0 Å². The molecule has 108 valence electrons.